The molecule has 1 saturated carbocycles. The van der Waals surface area contributed by atoms with E-state index in [9.17, 15) is 9.59 Å². The van der Waals surface area contributed by atoms with Gasteiger partial charge in [-0.05, 0) is 63.6 Å². The fraction of sp³-hybridized carbons (Fsp3) is 0.474. The van der Waals surface area contributed by atoms with Crippen molar-refractivity contribution >= 4 is 16.9 Å². The van der Waals surface area contributed by atoms with Crippen molar-refractivity contribution in [2.45, 2.75) is 58.1 Å². The SMILES string of the molecule is Cc1c(OC(C)C(=O)NC2CC2)ccc2c3c(c(=O)oc12)CCC3. The van der Waals surface area contributed by atoms with E-state index in [1.54, 1.807) is 6.92 Å². The number of benzene rings is 1. The first-order valence-electron chi connectivity index (χ1n) is 8.60. The van der Waals surface area contributed by atoms with Crippen LogP contribution in [-0.4, -0.2) is 18.1 Å². The number of ether oxygens (including phenoxy) is 1. The molecule has 5 heteroatoms. The molecule has 4 rings (SSSR count). The second-order valence-electron chi connectivity index (χ2n) is 6.81. The van der Waals surface area contributed by atoms with Gasteiger partial charge >= 0.3 is 5.63 Å². The third kappa shape index (κ3) is 2.58. The number of rotatable bonds is 4. The zero-order valence-electron chi connectivity index (χ0n) is 14.0. The average molecular weight is 327 g/mol. The fourth-order valence-corrected chi connectivity index (χ4v) is 3.38. The number of carbonyl (C=O) groups excluding carboxylic acids is 1. The summed E-state index contributed by atoms with van der Waals surface area (Å²) in [5.74, 6) is 0.481. The van der Waals surface area contributed by atoms with Gasteiger partial charge in [0.05, 0.1) is 0 Å². The predicted octanol–water partition coefficient (Wildman–Crippen LogP) is 2.64. The van der Waals surface area contributed by atoms with Gasteiger partial charge in [-0.3, -0.25) is 4.79 Å². The third-order valence-electron chi connectivity index (χ3n) is 4.94. The highest BCUT2D eigenvalue weighted by atomic mass is 16.5. The van der Waals surface area contributed by atoms with Crippen LogP contribution in [0.5, 0.6) is 5.75 Å². The Morgan fingerprint density at radius 3 is 2.79 bits per heavy atom. The highest BCUT2D eigenvalue weighted by molar-refractivity contribution is 5.86. The molecule has 1 aromatic carbocycles. The lowest BCUT2D eigenvalue weighted by molar-refractivity contribution is -0.127. The maximum absolute atomic E-state index is 12.2. The minimum absolute atomic E-state index is 0.104. The standard InChI is InChI=1S/C19H21NO4/c1-10-16(23-11(2)18(21)20-12-6-7-12)9-8-14-13-4-3-5-15(13)19(22)24-17(10)14/h8-9,11-12H,3-7H2,1-2H3,(H,20,21). The molecule has 1 N–H and O–H groups in total. The lowest BCUT2D eigenvalue weighted by Crippen LogP contribution is -2.37. The van der Waals surface area contributed by atoms with E-state index in [2.05, 4.69) is 5.32 Å². The molecule has 0 bridgehead atoms. The fourth-order valence-electron chi connectivity index (χ4n) is 3.38. The Hall–Kier alpha value is -2.30. The number of amides is 1. The summed E-state index contributed by atoms with van der Waals surface area (Å²) in [6, 6.07) is 4.12. The van der Waals surface area contributed by atoms with Crippen molar-refractivity contribution in [2.75, 3.05) is 0 Å². The van der Waals surface area contributed by atoms with Crippen LogP contribution in [0.4, 0.5) is 0 Å². The number of aryl methyl sites for hydroxylation is 2. The Bertz CT molecular complexity index is 879. The normalized spacial score (nSPS) is 17.6. The minimum atomic E-state index is -0.581. The smallest absolute Gasteiger partial charge is 0.339 e. The summed E-state index contributed by atoms with van der Waals surface area (Å²) in [6.45, 7) is 3.60. The van der Waals surface area contributed by atoms with Crippen LogP contribution in [0.3, 0.4) is 0 Å². The molecule has 2 aromatic rings. The Labute approximate surface area is 140 Å². The van der Waals surface area contributed by atoms with Gasteiger partial charge in [0.1, 0.15) is 11.3 Å². The van der Waals surface area contributed by atoms with Gasteiger partial charge < -0.3 is 14.5 Å². The first-order valence-corrected chi connectivity index (χ1v) is 8.60. The molecular formula is C19H21NO4. The Morgan fingerprint density at radius 2 is 2.04 bits per heavy atom. The Kier molecular flexibility index (Phi) is 3.59. The van der Waals surface area contributed by atoms with Crippen LogP contribution in [0.25, 0.3) is 11.0 Å². The summed E-state index contributed by atoms with van der Waals surface area (Å²) in [4.78, 5) is 24.2. The quantitative estimate of drug-likeness (QED) is 0.877. The molecule has 0 saturated heterocycles. The molecule has 0 radical (unpaired) electrons. The summed E-state index contributed by atoms with van der Waals surface area (Å²) < 4.78 is 11.4. The van der Waals surface area contributed by atoms with Crippen LogP contribution in [-0.2, 0) is 17.6 Å². The van der Waals surface area contributed by atoms with E-state index in [0.717, 1.165) is 54.2 Å². The second-order valence-corrected chi connectivity index (χ2v) is 6.81. The van der Waals surface area contributed by atoms with Gasteiger partial charge in [0.2, 0.25) is 0 Å². The van der Waals surface area contributed by atoms with Gasteiger partial charge in [0.25, 0.3) is 5.91 Å². The van der Waals surface area contributed by atoms with E-state index in [1.807, 2.05) is 19.1 Å². The lowest BCUT2D eigenvalue weighted by Gasteiger charge is -2.17. The lowest BCUT2D eigenvalue weighted by atomic mass is 10.0. The minimum Gasteiger partial charge on any atom is -0.480 e. The number of hydrogen-bond donors (Lipinski definition) is 1. The predicted molar refractivity (Wildman–Crippen MR) is 90.5 cm³/mol. The molecule has 1 atom stereocenters. The average Bonchev–Trinajstić information content (AvgIpc) is 3.22. The molecule has 1 unspecified atom stereocenters. The Balaban J connectivity index is 1.67. The molecule has 5 nitrogen and oxygen atoms in total. The molecule has 1 heterocycles. The van der Waals surface area contributed by atoms with Crippen molar-refractivity contribution in [3.05, 3.63) is 39.2 Å². The van der Waals surface area contributed by atoms with Crippen molar-refractivity contribution in [3.63, 3.8) is 0 Å². The van der Waals surface area contributed by atoms with Crippen LogP contribution in [0.2, 0.25) is 0 Å². The van der Waals surface area contributed by atoms with E-state index >= 15 is 0 Å². The van der Waals surface area contributed by atoms with Crippen LogP contribution < -0.4 is 15.7 Å². The number of nitrogens with one attached hydrogen (secondary N) is 1. The summed E-state index contributed by atoms with van der Waals surface area (Å²) in [5.41, 5.74) is 3.02. The van der Waals surface area contributed by atoms with Crippen LogP contribution in [0, 0.1) is 6.92 Å². The molecule has 1 aromatic heterocycles. The number of hydrogen-bond acceptors (Lipinski definition) is 4. The van der Waals surface area contributed by atoms with E-state index in [0.29, 0.717) is 17.4 Å². The topological polar surface area (TPSA) is 68.5 Å². The maximum atomic E-state index is 12.2. The van der Waals surface area contributed by atoms with E-state index < -0.39 is 6.10 Å². The van der Waals surface area contributed by atoms with Crippen LogP contribution >= 0.6 is 0 Å². The third-order valence-corrected chi connectivity index (χ3v) is 4.94. The van der Waals surface area contributed by atoms with Gasteiger partial charge in [-0.15, -0.1) is 0 Å². The molecule has 1 fully saturated rings. The highest BCUT2D eigenvalue weighted by Crippen LogP contribution is 2.33. The van der Waals surface area contributed by atoms with Crippen LogP contribution in [0.1, 0.15) is 42.9 Å². The van der Waals surface area contributed by atoms with Gasteiger partial charge in [-0.1, -0.05) is 0 Å². The summed E-state index contributed by atoms with van der Waals surface area (Å²) in [7, 11) is 0. The molecular weight excluding hydrogens is 306 g/mol. The molecule has 2 aliphatic carbocycles. The van der Waals surface area contributed by atoms with E-state index in [-0.39, 0.29) is 11.5 Å². The summed E-state index contributed by atoms with van der Waals surface area (Å²) in [6.07, 6.45) is 4.21. The van der Waals surface area contributed by atoms with E-state index in [4.69, 9.17) is 9.15 Å². The van der Waals surface area contributed by atoms with Crippen LogP contribution in [0.15, 0.2) is 21.3 Å². The second kappa shape index (κ2) is 5.65. The molecule has 0 aliphatic heterocycles. The molecule has 0 spiro atoms. The van der Waals surface area contributed by atoms with Crippen molar-refractivity contribution < 1.29 is 13.9 Å². The van der Waals surface area contributed by atoms with Crippen molar-refractivity contribution in [2.24, 2.45) is 0 Å². The van der Waals surface area contributed by atoms with Gasteiger partial charge in [0.15, 0.2) is 6.10 Å². The van der Waals surface area contributed by atoms with Gasteiger partial charge in [-0.2, -0.15) is 0 Å². The Morgan fingerprint density at radius 1 is 1.29 bits per heavy atom. The summed E-state index contributed by atoms with van der Waals surface area (Å²) in [5, 5.41) is 3.92. The monoisotopic (exact) mass is 327 g/mol. The van der Waals surface area contributed by atoms with Crippen molar-refractivity contribution in [3.8, 4) is 5.75 Å². The molecule has 126 valence electrons. The zero-order valence-corrected chi connectivity index (χ0v) is 14.0. The van der Waals surface area contributed by atoms with Gasteiger partial charge in [-0.25, -0.2) is 4.79 Å². The van der Waals surface area contributed by atoms with Crippen molar-refractivity contribution in [1.29, 1.82) is 0 Å². The molecule has 24 heavy (non-hydrogen) atoms. The largest absolute Gasteiger partial charge is 0.480 e. The highest BCUT2D eigenvalue weighted by Gasteiger charge is 2.27. The maximum Gasteiger partial charge on any atom is 0.339 e. The van der Waals surface area contributed by atoms with Gasteiger partial charge in [0, 0.05) is 22.6 Å². The van der Waals surface area contributed by atoms with E-state index in [1.165, 1.54) is 0 Å². The summed E-state index contributed by atoms with van der Waals surface area (Å²) >= 11 is 0. The molecule has 2 aliphatic rings. The zero-order chi connectivity index (χ0) is 16.8. The first-order chi connectivity index (χ1) is 11.5. The van der Waals surface area contributed by atoms with Crippen molar-refractivity contribution in [1.82, 2.24) is 5.32 Å². The number of fused-ring (bicyclic) bond motifs is 3. The number of carbonyl (C=O) groups is 1. The first kappa shape index (κ1) is 15.2. The molecule has 1 amide bonds.